The van der Waals surface area contributed by atoms with Gasteiger partial charge >= 0.3 is 6.03 Å². The molecule has 0 spiro atoms. The van der Waals surface area contributed by atoms with Crippen LogP contribution in [0.2, 0.25) is 0 Å². The number of methoxy groups -OCH3 is 1. The molecule has 6 nitrogen and oxygen atoms in total. The summed E-state index contributed by atoms with van der Waals surface area (Å²) in [4.78, 5) is 25.3. The molecule has 0 aliphatic carbocycles. The van der Waals surface area contributed by atoms with E-state index in [0.29, 0.717) is 18.7 Å². The standard InChI is InChI=1S/C19H23N3O3/c1-20-18(23)16-9-7-14(8-10-16)12-21-19(24)22(2)13-15-5-4-6-17(11-15)25-3/h4-11H,12-13H2,1-3H3,(H,20,23)(H,21,24). The molecule has 0 heterocycles. The van der Waals surface area contributed by atoms with Crippen molar-refractivity contribution in [3.8, 4) is 5.75 Å². The quantitative estimate of drug-likeness (QED) is 0.847. The fourth-order valence-corrected chi connectivity index (χ4v) is 2.35. The van der Waals surface area contributed by atoms with E-state index in [4.69, 9.17) is 4.74 Å². The average molecular weight is 341 g/mol. The summed E-state index contributed by atoms with van der Waals surface area (Å²) in [6, 6.07) is 14.6. The van der Waals surface area contributed by atoms with Crippen molar-refractivity contribution in [2.24, 2.45) is 0 Å². The van der Waals surface area contributed by atoms with Crippen molar-refractivity contribution in [1.29, 1.82) is 0 Å². The molecule has 2 aromatic rings. The van der Waals surface area contributed by atoms with E-state index < -0.39 is 0 Å². The molecule has 2 rings (SSSR count). The Morgan fingerprint density at radius 3 is 2.44 bits per heavy atom. The fourth-order valence-electron chi connectivity index (χ4n) is 2.35. The molecule has 0 saturated carbocycles. The Balaban J connectivity index is 1.87. The van der Waals surface area contributed by atoms with E-state index in [0.717, 1.165) is 16.9 Å². The van der Waals surface area contributed by atoms with E-state index in [2.05, 4.69) is 10.6 Å². The highest BCUT2D eigenvalue weighted by Gasteiger charge is 2.09. The summed E-state index contributed by atoms with van der Waals surface area (Å²) in [5, 5.41) is 5.44. The first-order valence-corrected chi connectivity index (χ1v) is 7.96. The van der Waals surface area contributed by atoms with Crippen LogP contribution in [0.5, 0.6) is 5.75 Å². The van der Waals surface area contributed by atoms with Gasteiger partial charge in [0, 0.05) is 32.7 Å². The first-order chi connectivity index (χ1) is 12.0. The van der Waals surface area contributed by atoms with Crippen molar-refractivity contribution in [1.82, 2.24) is 15.5 Å². The van der Waals surface area contributed by atoms with Crippen molar-refractivity contribution in [3.63, 3.8) is 0 Å². The SMILES string of the molecule is CNC(=O)c1ccc(CNC(=O)N(C)Cc2cccc(OC)c2)cc1. The van der Waals surface area contributed by atoms with Crippen LogP contribution in [-0.2, 0) is 13.1 Å². The predicted octanol–water partition coefficient (Wildman–Crippen LogP) is 2.40. The lowest BCUT2D eigenvalue weighted by molar-refractivity contribution is 0.0963. The Labute approximate surface area is 147 Å². The monoisotopic (exact) mass is 341 g/mol. The molecule has 3 amide bonds. The minimum absolute atomic E-state index is 0.131. The number of carbonyl (C=O) groups is 2. The van der Waals surface area contributed by atoms with Crippen molar-refractivity contribution in [3.05, 3.63) is 65.2 Å². The summed E-state index contributed by atoms with van der Waals surface area (Å²) >= 11 is 0. The van der Waals surface area contributed by atoms with Crippen LogP contribution in [0.15, 0.2) is 48.5 Å². The number of hydrogen-bond acceptors (Lipinski definition) is 3. The molecule has 0 aliphatic heterocycles. The van der Waals surface area contributed by atoms with Gasteiger partial charge in [-0.25, -0.2) is 4.79 Å². The van der Waals surface area contributed by atoms with Gasteiger partial charge < -0.3 is 20.3 Å². The molecule has 6 heteroatoms. The maximum absolute atomic E-state index is 12.2. The van der Waals surface area contributed by atoms with Crippen molar-refractivity contribution >= 4 is 11.9 Å². The summed E-state index contributed by atoms with van der Waals surface area (Å²) in [5.41, 5.74) is 2.51. The van der Waals surface area contributed by atoms with Gasteiger partial charge in [-0.2, -0.15) is 0 Å². The lowest BCUT2D eigenvalue weighted by Crippen LogP contribution is -2.36. The summed E-state index contributed by atoms with van der Waals surface area (Å²) < 4.78 is 5.19. The van der Waals surface area contributed by atoms with Gasteiger partial charge in [-0.15, -0.1) is 0 Å². The number of benzene rings is 2. The highest BCUT2D eigenvalue weighted by molar-refractivity contribution is 5.93. The lowest BCUT2D eigenvalue weighted by atomic mass is 10.1. The zero-order valence-electron chi connectivity index (χ0n) is 14.7. The molecular formula is C19H23N3O3. The second-order valence-corrected chi connectivity index (χ2v) is 5.64. The fraction of sp³-hybridized carbons (Fsp3) is 0.263. The Hall–Kier alpha value is -3.02. The maximum Gasteiger partial charge on any atom is 0.317 e. The third-order valence-electron chi connectivity index (χ3n) is 3.79. The van der Waals surface area contributed by atoms with Crippen LogP contribution in [0.4, 0.5) is 4.79 Å². The molecule has 0 bridgehead atoms. The highest BCUT2D eigenvalue weighted by Crippen LogP contribution is 2.14. The first-order valence-electron chi connectivity index (χ1n) is 7.96. The third-order valence-corrected chi connectivity index (χ3v) is 3.79. The first kappa shape index (κ1) is 18.3. The minimum atomic E-state index is -0.168. The number of nitrogens with one attached hydrogen (secondary N) is 2. The minimum Gasteiger partial charge on any atom is -0.497 e. The van der Waals surface area contributed by atoms with Crippen LogP contribution >= 0.6 is 0 Å². The van der Waals surface area contributed by atoms with Crippen LogP contribution in [0.3, 0.4) is 0 Å². The van der Waals surface area contributed by atoms with Gasteiger partial charge in [0.15, 0.2) is 0 Å². The van der Waals surface area contributed by atoms with Crippen LogP contribution in [0.1, 0.15) is 21.5 Å². The second-order valence-electron chi connectivity index (χ2n) is 5.64. The maximum atomic E-state index is 12.2. The van der Waals surface area contributed by atoms with Gasteiger partial charge in [-0.05, 0) is 35.4 Å². The van der Waals surface area contributed by atoms with E-state index in [1.54, 1.807) is 38.2 Å². The van der Waals surface area contributed by atoms with Crippen LogP contribution in [0, 0.1) is 0 Å². The summed E-state index contributed by atoms with van der Waals surface area (Å²) in [7, 11) is 4.95. The zero-order valence-corrected chi connectivity index (χ0v) is 14.7. The van der Waals surface area contributed by atoms with Gasteiger partial charge in [0.1, 0.15) is 5.75 Å². The number of nitrogens with zero attached hydrogens (tertiary/aromatic N) is 1. The molecular weight excluding hydrogens is 318 g/mol. The Morgan fingerprint density at radius 2 is 1.80 bits per heavy atom. The number of carbonyl (C=O) groups excluding carboxylic acids is 2. The summed E-state index contributed by atoms with van der Waals surface area (Å²) in [5.74, 6) is 0.635. The number of ether oxygens (including phenoxy) is 1. The molecule has 2 aromatic carbocycles. The van der Waals surface area contributed by atoms with Crippen molar-refractivity contribution < 1.29 is 14.3 Å². The second kappa shape index (κ2) is 8.73. The summed E-state index contributed by atoms with van der Waals surface area (Å²) in [6.45, 7) is 0.883. The van der Waals surface area contributed by atoms with E-state index in [1.807, 2.05) is 36.4 Å². The number of urea groups is 1. The smallest absolute Gasteiger partial charge is 0.317 e. The van der Waals surface area contributed by atoms with Gasteiger partial charge in [0.2, 0.25) is 0 Å². The molecule has 0 aliphatic rings. The predicted molar refractivity (Wildman–Crippen MR) is 96.5 cm³/mol. The van der Waals surface area contributed by atoms with Crippen LogP contribution in [0.25, 0.3) is 0 Å². The molecule has 0 aromatic heterocycles. The van der Waals surface area contributed by atoms with Crippen LogP contribution in [-0.4, -0.2) is 38.0 Å². The number of rotatable bonds is 6. The highest BCUT2D eigenvalue weighted by atomic mass is 16.5. The zero-order chi connectivity index (χ0) is 18.2. The molecule has 132 valence electrons. The molecule has 0 atom stereocenters. The van der Waals surface area contributed by atoms with Gasteiger partial charge in [-0.1, -0.05) is 24.3 Å². The van der Waals surface area contributed by atoms with E-state index >= 15 is 0 Å². The average Bonchev–Trinajstić information content (AvgIpc) is 2.65. The van der Waals surface area contributed by atoms with Gasteiger partial charge in [0.05, 0.1) is 7.11 Å². The molecule has 25 heavy (non-hydrogen) atoms. The molecule has 0 saturated heterocycles. The molecule has 0 fully saturated rings. The van der Waals surface area contributed by atoms with Crippen molar-refractivity contribution in [2.75, 3.05) is 21.2 Å². The van der Waals surface area contributed by atoms with Crippen LogP contribution < -0.4 is 15.4 Å². The van der Waals surface area contributed by atoms with E-state index in [-0.39, 0.29) is 11.9 Å². The number of hydrogen-bond donors (Lipinski definition) is 2. The normalized spacial score (nSPS) is 10.0. The Bertz CT molecular complexity index is 729. The van der Waals surface area contributed by atoms with Gasteiger partial charge in [-0.3, -0.25) is 4.79 Å². The lowest BCUT2D eigenvalue weighted by Gasteiger charge is -2.18. The number of amides is 3. The van der Waals surface area contributed by atoms with Gasteiger partial charge in [0.25, 0.3) is 5.91 Å². The topological polar surface area (TPSA) is 70.7 Å². The Morgan fingerprint density at radius 1 is 1.08 bits per heavy atom. The molecule has 0 unspecified atom stereocenters. The van der Waals surface area contributed by atoms with E-state index in [1.165, 1.54) is 0 Å². The molecule has 2 N–H and O–H groups in total. The third kappa shape index (κ3) is 5.24. The summed E-state index contributed by atoms with van der Waals surface area (Å²) in [6.07, 6.45) is 0. The Kier molecular flexibility index (Phi) is 6.39. The molecule has 0 radical (unpaired) electrons. The van der Waals surface area contributed by atoms with Crippen molar-refractivity contribution in [2.45, 2.75) is 13.1 Å². The largest absolute Gasteiger partial charge is 0.497 e. The van der Waals surface area contributed by atoms with E-state index in [9.17, 15) is 9.59 Å².